The molecule has 0 spiro atoms. The van der Waals surface area contributed by atoms with Crippen molar-refractivity contribution < 1.29 is 14.6 Å². The van der Waals surface area contributed by atoms with E-state index in [0.29, 0.717) is 17.0 Å². The number of ether oxygens (including phenoxy) is 1. The molecule has 4 heteroatoms. The van der Waals surface area contributed by atoms with Crippen molar-refractivity contribution >= 4 is 17.6 Å². The van der Waals surface area contributed by atoms with Gasteiger partial charge in [0, 0.05) is 5.02 Å². The van der Waals surface area contributed by atoms with Crippen LogP contribution in [0.15, 0.2) is 36.9 Å². The number of allylic oxidation sites excluding steroid dienone is 1. The van der Waals surface area contributed by atoms with Crippen LogP contribution in [0.1, 0.15) is 12.0 Å². The first-order valence-electron chi connectivity index (χ1n) is 5.17. The summed E-state index contributed by atoms with van der Waals surface area (Å²) < 4.78 is 4.76. The Hall–Kier alpha value is -1.32. The van der Waals surface area contributed by atoms with Crippen LogP contribution >= 0.6 is 11.6 Å². The highest BCUT2D eigenvalue weighted by Crippen LogP contribution is 2.30. The van der Waals surface area contributed by atoms with Gasteiger partial charge in [0.1, 0.15) is 5.41 Å². The first kappa shape index (κ1) is 13.7. The molecule has 0 aliphatic carbocycles. The van der Waals surface area contributed by atoms with Gasteiger partial charge in [-0.2, -0.15) is 0 Å². The summed E-state index contributed by atoms with van der Waals surface area (Å²) in [5, 5.41) is 10.1. The number of methoxy groups -OCH3 is 1. The molecule has 0 amide bonds. The normalized spacial score (nSPS) is 13.8. The van der Waals surface area contributed by atoms with Crippen LogP contribution in [0.5, 0.6) is 0 Å². The minimum Gasteiger partial charge on any atom is -0.468 e. The summed E-state index contributed by atoms with van der Waals surface area (Å²) in [5.41, 5.74) is -0.433. The van der Waals surface area contributed by atoms with Gasteiger partial charge in [0.05, 0.1) is 13.7 Å². The summed E-state index contributed by atoms with van der Waals surface area (Å²) in [6.07, 6.45) is 1.89. The molecule has 0 saturated carbocycles. The molecule has 0 aliphatic rings. The molecular weight excluding hydrogens is 240 g/mol. The van der Waals surface area contributed by atoms with Gasteiger partial charge in [-0.25, -0.2) is 0 Å². The second kappa shape index (κ2) is 5.84. The van der Waals surface area contributed by atoms with Gasteiger partial charge >= 0.3 is 5.97 Å². The van der Waals surface area contributed by atoms with E-state index in [-0.39, 0.29) is 6.61 Å². The van der Waals surface area contributed by atoms with Crippen LogP contribution in [0, 0.1) is 0 Å². The summed E-state index contributed by atoms with van der Waals surface area (Å²) in [4.78, 5) is 11.9. The maximum atomic E-state index is 11.9. The molecule has 0 bridgehead atoms. The van der Waals surface area contributed by atoms with Crippen molar-refractivity contribution in [2.75, 3.05) is 13.7 Å². The maximum Gasteiger partial charge on any atom is 0.318 e. The minimum absolute atomic E-state index is 0.303. The summed E-state index contributed by atoms with van der Waals surface area (Å²) in [5.74, 6) is -0.484. The molecule has 0 radical (unpaired) electrons. The summed E-state index contributed by atoms with van der Waals surface area (Å²) in [6, 6.07) is 6.76. The van der Waals surface area contributed by atoms with Gasteiger partial charge in [-0.05, 0) is 24.1 Å². The molecule has 1 atom stereocenters. The lowest BCUT2D eigenvalue weighted by Gasteiger charge is -2.28. The number of carbonyl (C=O) groups excluding carboxylic acids is 1. The molecule has 1 N–H and O–H groups in total. The number of esters is 1. The van der Waals surface area contributed by atoms with Crippen molar-refractivity contribution in [3.8, 4) is 0 Å². The fourth-order valence-electron chi connectivity index (χ4n) is 1.75. The van der Waals surface area contributed by atoms with Gasteiger partial charge in [-0.15, -0.1) is 6.58 Å². The molecule has 0 aliphatic heterocycles. The second-order valence-corrected chi connectivity index (χ2v) is 4.17. The van der Waals surface area contributed by atoms with Crippen LogP contribution < -0.4 is 0 Å². The lowest BCUT2D eigenvalue weighted by Crippen LogP contribution is -2.40. The number of hydrogen-bond donors (Lipinski definition) is 1. The van der Waals surface area contributed by atoms with Crippen molar-refractivity contribution in [3.05, 3.63) is 47.5 Å². The molecule has 1 rings (SSSR count). The Morgan fingerprint density at radius 1 is 1.53 bits per heavy atom. The molecule has 1 aromatic rings. The maximum absolute atomic E-state index is 11.9. The Kier molecular flexibility index (Phi) is 4.73. The predicted molar refractivity (Wildman–Crippen MR) is 67.0 cm³/mol. The number of aliphatic hydroxyl groups excluding tert-OH is 1. The summed E-state index contributed by atoms with van der Waals surface area (Å²) >= 11 is 5.80. The van der Waals surface area contributed by atoms with Gasteiger partial charge in [-0.1, -0.05) is 29.8 Å². The van der Waals surface area contributed by atoms with E-state index in [0.717, 1.165) is 0 Å². The third kappa shape index (κ3) is 2.68. The van der Waals surface area contributed by atoms with Crippen molar-refractivity contribution in [2.45, 2.75) is 11.8 Å². The summed E-state index contributed by atoms with van der Waals surface area (Å²) in [6.45, 7) is 3.27. The van der Waals surface area contributed by atoms with Crippen LogP contribution in [-0.2, 0) is 14.9 Å². The van der Waals surface area contributed by atoms with Gasteiger partial charge in [-0.3, -0.25) is 4.79 Å². The quantitative estimate of drug-likeness (QED) is 0.648. The average Bonchev–Trinajstić information content (AvgIpc) is 2.36. The Labute approximate surface area is 106 Å². The van der Waals surface area contributed by atoms with Gasteiger partial charge in [0.25, 0.3) is 0 Å². The number of rotatable bonds is 5. The molecule has 0 saturated heterocycles. The fraction of sp³-hybridized carbons (Fsp3) is 0.308. The zero-order chi connectivity index (χ0) is 12.9. The molecule has 0 heterocycles. The number of carbonyl (C=O) groups is 1. The standard InChI is InChI=1S/C13H15ClO3/c1-3-8-13(9-15,12(16)17-2)10-4-6-11(14)7-5-10/h3-7,15H,1,8-9H2,2H3. The van der Waals surface area contributed by atoms with Crippen LogP contribution in [0.4, 0.5) is 0 Å². The second-order valence-electron chi connectivity index (χ2n) is 3.73. The highest BCUT2D eigenvalue weighted by molar-refractivity contribution is 6.30. The van der Waals surface area contributed by atoms with Crippen molar-refractivity contribution in [1.29, 1.82) is 0 Å². The Morgan fingerprint density at radius 3 is 2.53 bits per heavy atom. The zero-order valence-electron chi connectivity index (χ0n) is 9.65. The van der Waals surface area contributed by atoms with E-state index in [1.165, 1.54) is 7.11 Å². The third-order valence-corrected chi connectivity index (χ3v) is 2.99. The molecule has 1 unspecified atom stereocenters. The largest absolute Gasteiger partial charge is 0.468 e. The Morgan fingerprint density at radius 2 is 2.12 bits per heavy atom. The van der Waals surface area contributed by atoms with Gasteiger partial charge in [0.15, 0.2) is 0 Å². The topological polar surface area (TPSA) is 46.5 Å². The van der Waals surface area contributed by atoms with E-state index in [1.54, 1.807) is 30.3 Å². The minimum atomic E-state index is -1.10. The molecular formula is C13H15ClO3. The van der Waals surface area contributed by atoms with Gasteiger partial charge < -0.3 is 9.84 Å². The van der Waals surface area contributed by atoms with E-state index >= 15 is 0 Å². The monoisotopic (exact) mass is 254 g/mol. The SMILES string of the molecule is C=CCC(CO)(C(=O)OC)c1ccc(Cl)cc1. The number of halogens is 1. The fourth-order valence-corrected chi connectivity index (χ4v) is 1.88. The third-order valence-electron chi connectivity index (χ3n) is 2.74. The molecule has 0 aromatic heterocycles. The van der Waals surface area contributed by atoms with Crippen LogP contribution in [-0.4, -0.2) is 24.8 Å². The van der Waals surface area contributed by atoms with E-state index in [1.807, 2.05) is 0 Å². The number of aliphatic hydroxyl groups is 1. The molecule has 0 fully saturated rings. The smallest absolute Gasteiger partial charge is 0.318 e. The lowest BCUT2D eigenvalue weighted by molar-refractivity contribution is -0.149. The highest BCUT2D eigenvalue weighted by atomic mass is 35.5. The molecule has 17 heavy (non-hydrogen) atoms. The Balaban J connectivity index is 3.25. The van der Waals surface area contributed by atoms with E-state index < -0.39 is 11.4 Å². The van der Waals surface area contributed by atoms with Crippen LogP contribution in [0.3, 0.4) is 0 Å². The van der Waals surface area contributed by atoms with Crippen molar-refractivity contribution in [2.24, 2.45) is 0 Å². The van der Waals surface area contributed by atoms with Gasteiger partial charge in [0.2, 0.25) is 0 Å². The van der Waals surface area contributed by atoms with Crippen molar-refractivity contribution in [3.63, 3.8) is 0 Å². The summed E-state index contributed by atoms with van der Waals surface area (Å²) in [7, 11) is 1.30. The van der Waals surface area contributed by atoms with E-state index in [9.17, 15) is 9.90 Å². The average molecular weight is 255 g/mol. The predicted octanol–water partition coefficient (Wildman–Crippen LogP) is 2.32. The lowest BCUT2D eigenvalue weighted by atomic mass is 9.78. The molecule has 3 nitrogen and oxygen atoms in total. The highest BCUT2D eigenvalue weighted by Gasteiger charge is 2.39. The van der Waals surface area contributed by atoms with Crippen molar-refractivity contribution in [1.82, 2.24) is 0 Å². The van der Waals surface area contributed by atoms with E-state index in [4.69, 9.17) is 16.3 Å². The van der Waals surface area contributed by atoms with Crippen LogP contribution in [0.25, 0.3) is 0 Å². The number of hydrogen-bond acceptors (Lipinski definition) is 3. The first-order valence-corrected chi connectivity index (χ1v) is 5.54. The Bertz CT molecular complexity index is 400. The molecule has 92 valence electrons. The molecule has 1 aromatic carbocycles. The zero-order valence-corrected chi connectivity index (χ0v) is 10.4. The number of benzene rings is 1. The van der Waals surface area contributed by atoms with Crippen LogP contribution in [0.2, 0.25) is 5.02 Å². The first-order chi connectivity index (χ1) is 8.10. The van der Waals surface area contributed by atoms with E-state index in [2.05, 4.69) is 6.58 Å².